The number of rotatable bonds is 7. The standard InChI is InChI=1S/C24H25N5O5S/c1-3-34-22(31)16-6-10-17(11-7-16)25-24(32)29-14-4-5-19(29)20(30)26-23-28-27-21(35-23)15-8-12-18(33-2)13-9-15/h6-13,19H,3-5,14H2,1-2H3,(H,25,32)(H,26,28,30). The lowest BCUT2D eigenvalue weighted by Gasteiger charge is -2.23. The molecule has 3 aromatic rings. The maximum Gasteiger partial charge on any atom is 0.338 e. The first-order valence-electron chi connectivity index (χ1n) is 11.1. The van der Waals surface area contributed by atoms with Gasteiger partial charge in [0, 0.05) is 17.8 Å². The number of carbonyl (C=O) groups is 3. The first-order chi connectivity index (χ1) is 17.0. The number of ether oxygens (including phenoxy) is 2. The summed E-state index contributed by atoms with van der Waals surface area (Å²) in [4.78, 5) is 39.1. The van der Waals surface area contributed by atoms with Gasteiger partial charge in [0.2, 0.25) is 11.0 Å². The molecule has 0 spiro atoms. The summed E-state index contributed by atoms with van der Waals surface area (Å²) in [6, 6.07) is 12.8. The van der Waals surface area contributed by atoms with E-state index in [0.717, 1.165) is 11.3 Å². The number of anilines is 2. The Bertz CT molecular complexity index is 1200. The van der Waals surface area contributed by atoms with Crippen LogP contribution in [0.1, 0.15) is 30.1 Å². The SMILES string of the molecule is CCOC(=O)c1ccc(NC(=O)N2CCCC2C(=O)Nc2nnc(-c3ccc(OC)cc3)s2)cc1. The Balaban J connectivity index is 1.36. The first kappa shape index (κ1) is 24.1. The van der Waals surface area contributed by atoms with E-state index in [4.69, 9.17) is 9.47 Å². The lowest BCUT2D eigenvalue weighted by molar-refractivity contribution is -0.119. The van der Waals surface area contributed by atoms with Crippen molar-refractivity contribution < 1.29 is 23.9 Å². The summed E-state index contributed by atoms with van der Waals surface area (Å²) in [6.07, 6.45) is 1.26. The van der Waals surface area contributed by atoms with Crippen molar-refractivity contribution >= 4 is 40.1 Å². The molecule has 0 bridgehead atoms. The van der Waals surface area contributed by atoms with Crippen molar-refractivity contribution in [2.75, 3.05) is 30.9 Å². The molecule has 1 aliphatic heterocycles. The summed E-state index contributed by atoms with van der Waals surface area (Å²) < 4.78 is 10.1. The highest BCUT2D eigenvalue weighted by molar-refractivity contribution is 7.18. The van der Waals surface area contributed by atoms with E-state index in [1.165, 1.54) is 16.2 Å². The summed E-state index contributed by atoms with van der Waals surface area (Å²) in [5, 5.41) is 14.8. The van der Waals surface area contributed by atoms with Gasteiger partial charge in [0.1, 0.15) is 16.8 Å². The van der Waals surface area contributed by atoms with Crippen molar-refractivity contribution in [1.29, 1.82) is 0 Å². The van der Waals surface area contributed by atoms with E-state index in [0.29, 0.717) is 40.8 Å². The van der Waals surface area contributed by atoms with E-state index in [2.05, 4.69) is 20.8 Å². The predicted octanol–water partition coefficient (Wildman–Crippen LogP) is 4.03. The van der Waals surface area contributed by atoms with E-state index < -0.39 is 12.0 Å². The van der Waals surface area contributed by atoms with Gasteiger partial charge >= 0.3 is 12.0 Å². The number of nitrogens with zero attached hydrogens (tertiary/aromatic N) is 3. The molecule has 0 saturated carbocycles. The van der Waals surface area contributed by atoms with Gasteiger partial charge in [-0.3, -0.25) is 10.1 Å². The number of likely N-dealkylation sites (tertiary alicyclic amines) is 1. The van der Waals surface area contributed by atoms with Crippen molar-refractivity contribution in [3.8, 4) is 16.3 Å². The van der Waals surface area contributed by atoms with Gasteiger partial charge in [-0.05, 0) is 68.3 Å². The van der Waals surface area contributed by atoms with Gasteiger partial charge < -0.3 is 19.7 Å². The van der Waals surface area contributed by atoms with Crippen LogP contribution in [0.5, 0.6) is 5.75 Å². The Kier molecular flexibility index (Phi) is 7.56. The number of amides is 3. The molecule has 11 heteroatoms. The Morgan fingerprint density at radius 1 is 1.06 bits per heavy atom. The maximum atomic E-state index is 12.9. The van der Waals surface area contributed by atoms with Crippen molar-refractivity contribution in [3.05, 3.63) is 54.1 Å². The van der Waals surface area contributed by atoms with Gasteiger partial charge in [-0.15, -0.1) is 10.2 Å². The number of aromatic nitrogens is 2. The molecule has 1 fully saturated rings. The highest BCUT2D eigenvalue weighted by atomic mass is 32.1. The number of urea groups is 1. The van der Waals surface area contributed by atoms with Gasteiger partial charge in [-0.25, -0.2) is 9.59 Å². The van der Waals surface area contributed by atoms with E-state index in [1.807, 2.05) is 24.3 Å². The number of hydrogen-bond donors (Lipinski definition) is 2. The zero-order valence-electron chi connectivity index (χ0n) is 19.3. The summed E-state index contributed by atoms with van der Waals surface area (Å²) >= 11 is 1.25. The molecule has 4 rings (SSSR count). The van der Waals surface area contributed by atoms with Crippen LogP contribution in [0.4, 0.5) is 15.6 Å². The Labute approximate surface area is 206 Å². The fourth-order valence-corrected chi connectivity index (χ4v) is 4.45. The first-order valence-corrected chi connectivity index (χ1v) is 11.9. The van der Waals surface area contributed by atoms with Crippen LogP contribution >= 0.6 is 11.3 Å². The van der Waals surface area contributed by atoms with Crippen LogP contribution < -0.4 is 15.4 Å². The zero-order valence-corrected chi connectivity index (χ0v) is 20.1. The molecular weight excluding hydrogens is 470 g/mol. The fourth-order valence-electron chi connectivity index (χ4n) is 3.69. The molecule has 3 amide bonds. The van der Waals surface area contributed by atoms with Gasteiger partial charge in [0.15, 0.2) is 0 Å². The molecule has 1 saturated heterocycles. The van der Waals surface area contributed by atoms with E-state index in [1.54, 1.807) is 38.3 Å². The monoisotopic (exact) mass is 495 g/mol. The highest BCUT2D eigenvalue weighted by Crippen LogP contribution is 2.28. The molecule has 2 aromatic carbocycles. The normalized spacial score (nSPS) is 14.9. The minimum atomic E-state index is -0.623. The van der Waals surface area contributed by atoms with Crippen LogP contribution in [0.3, 0.4) is 0 Å². The van der Waals surface area contributed by atoms with Crippen molar-refractivity contribution in [2.45, 2.75) is 25.8 Å². The van der Waals surface area contributed by atoms with Crippen molar-refractivity contribution in [2.24, 2.45) is 0 Å². The summed E-state index contributed by atoms with van der Waals surface area (Å²) in [5.41, 5.74) is 1.77. The number of benzene rings is 2. The van der Waals surface area contributed by atoms with Gasteiger partial charge in [-0.2, -0.15) is 0 Å². The highest BCUT2D eigenvalue weighted by Gasteiger charge is 2.34. The van der Waals surface area contributed by atoms with Crippen molar-refractivity contribution in [1.82, 2.24) is 15.1 Å². The average molecular weight is 496 g/mol. The fraction of sp³-hybridized carbons (Fsp3) is 0.292. The van der Waals surface area contributed by atoms with Gasteiger partial charge in [-0.1, -0.05) is 11.3 Å². The largest absolute Gasteiger partial charge is 0.497 e. The molecular formula is C24H25N5O5S. The third kappa shape index (κ3) is 5.75. The lowest BCUT2D eigenvalue weighted by Crippen LogP contribution is -2.45. The molecule has 182 valence electrons. The van der Waals surface area contributed by atoms with Crippen LogP contribution in [-0.4, -0.2) is 59.3 Å². The smallest absolute Gasteiger partial charge is 0.338 e. The van der Waals surface area contributed by atoms with Gasteiger partial charge in [0.05, 0.1) is 19.3 Å². The number of esters is 1. The minimum absolute atomic E-state index is 0.287. The van der Waals surface area contributed by atoms with Crippen LogP contribution in [0, 0.1) is 0 Å². The summed E-state index contributed by atoms with van der Waals surface area (Å²) in [5.74, 6) is 0.00236. The molecule has 1 aliphatic rings. The summed E-state index contributed by atoms with van der Waals surface area (Å²) in [6.45, 7) is 2.48. The number of hydrogen-bond acceptors (Lipinski definition) is 8. The zero-order chi connectivity index (χ0) is 24.8. The van der Waals surface area contributed by atoms with Gasteiger partial charge in [0.25, 0.3) is 0 Å². The molecule has 1 atom stereocenters. The number of nitrogens with one attached hydrogen (secondary N) is 2. The Hall–Kier alpha value is -3.99. The second kappa shape index (κ2) is 11.0. The second-order valence-corrected chi connectivity index (χ2v) is 8.69. The topological polar surface area (TPSA) is 123 Å². The van der Waals surface area contributed by atoms with Crippen LogP contribution in [0.15, 0.2) is 48.5 Å². The molecule has 0 radical (unpaired) electrons. The average Bonchev–Trinajstić information content (AvgIpc) is 3.55. The second-order valence-electron chi connectivity index (χ2n) is 7.71. The molecule has 1 unspecified atom stereocenters. The third-order valence-corrected chi connectivity index (χ3v) is 6.34. The maximum absolute atomic E-state index is 12.9. The Morgan fingerprint density at radius 3 is 2.49 bits per heavy atom. The van der Waals surface area contributed by atoms with E-state index in [-0.39, 0.29) is 18.5 Å². The molecule has 2 N–H and O–H groups in total. The third-order valence-electron chi connectivity index (χ3n) is 5.46. The minimum Gasteiger partial charge on any atom is -0.497 e. The quantitative estimate of drug-likeness (QED) is 0.475. The van der Waals surface area contributed by atoms with E-state index >= 15 is 0 Å². The van der Waals surface area contributed by atoms with Crippen LogP contribution in [0.2, 0.25) is 0 Å². The van der Waals surface area contributed by atoms with E-state index in [9.17, 15) is 14.4 Å². The summed E-state index contributed by atoms with van der Waals surface area (Å²) in [7, 11) is 1.60. The predicted molar refractivity (Wildman–Crippen MR) is 132 cm³/mol. The molecule has 35 heavy (non-hydrogen) atoms. The molecule has 2 heterocycles. The number of methoxy groups -OCH3 is 1. The molecule has 0 aliphatic carbocycles. The Morgan fingerprint density at radius 2 is 1.80 bits per heavy atom. The number of carbonyl (C=O) groups excluding carboxylic acids is 3. The van der Waals surface area contributed by atoms with Crippen LogP contribution in [0.25, 0.3) is 10.6 Å². The molecule has 1 aromatic heterocycles. The van der Waals surface area contributed by atoms with Crippen molar-refractivity contribution in [3.63, 3.8) is 0 Å². The molecule has 10 nitrogen and oxygen atoms in total. The lowest BCUT2D eigenvalue weighted by atomic mass is 10.2. The van der Waals surface area contributed by atoms with Crippen LogP contribution in [-0.2, 0) is 9.53 Å².